The maximum Gasteiger partial charge on any atom is 0.243 e. The van der Waals surface area contributed by atoms with Gasteiger partial charge in [-0.2, -0.15) is 4.31 Å². The molecule has 3 rings (SSSR count). The van der Waals surface area contributed by atoms with Crippen LogP contribution in [0.3, 0.4) is 0 Å². The highest BCUT2D eigenvalue weighted by atomic mass is 35.5. The minimum Gasteiger partial charge on any atom is -0.493 e. The Hall–Kier alpha value is -1.51. The zero-order chi connectivity index (χ0) is 20.3. The SMILES string of the molecule is COc1ccc(S(=O)(=O)N2CCN(Cc3ccc(Cl)cc3Cl)CC2)cc1OC. The maximum atomic E-state index is 13.0. The van der Waals surface area contributed by atoms with Crippen molar-refractivity contribution in [1.29, 1.82) is 0 Å². The first-order valence-corrected chi connectivity index (χ1v) is 10.9. The third-order valence-corrected chi connectivity index (χ3v) is 7.21. The third-order valence-electron chi connectivity index (χ3n) is 4.73. The second kappa shape index (κ2) is 8.88. The zero-order valence-corrected chi connectivity index (χ0v) is 18.0. The first kappa shape index (κ1) is 21.2. The van der Waals surface area contributed by atoms with Crippen LogP contribution in [-0.2, 0) is 16.6 Å². The molecule has 0 saturated carbocycles. The van der Waals surface area contributed by atoms with E-state index in [1.807, 2.05) is 6.07 Å². The molecular formula is C19H22Cl2N2O4S. The Labute approximate surface area is 175 Å². The number of hydrogen-bond acceptors (Lipinski definition) is 5. The van der Waals surface area contributed by atoms with Crippen LogP contribution in [0.25, 0.3) is 0 Å². The Morgan fingerprint density at radius 3 is 2.21 bits per heavy atom. The van der Waals surface area contributed by atoms with Crippen LogP contribution in [0.1, 0.15) is 5.56 Å². The summed E-state index contributed by atoms with van der Waals surface area (Å²) in [4.78, 5) is 2.37. The lowest BCUT2D eigenvalue weighted by Crippen LogP contribution is -2.48. The summed E-state index contributed by atoms with van der Waals surface area (Å²) in [7, 11) is -0.609. The van der Waals surface area contributed by atoms with Crippen LogP contribution < -0.4 is 9.47 Å². The predicted octanol–water partition coefficient (Wildman–Crippen LogP) is 3.52. The van der Waals surface area contributed by atoms with Crippen molar-refractivity contribution in [1.82, 2.24) is 9.21 Å². The van der Waals surface area contributed by atoms with Gasteiger partial charge in [-0.3, -0.25) is 4.90 Å². The summed E-state index contributed by atoms with van der Waals surface area (Å²) in [6, 6.07) is 10.1. The van der Waals surface area contributed by atoms with Crippen LogP contribution in [0.4, 0.5) is 0 Å². The van der Waals surface area contributed by atoms with Crippen molar-refractivity contribution in [3.63, 3.8) is 0 Å². The fourth-order valence-corrected chi connectivity index (χ4v) is 5.05. The summed E-state index contributed by atoms with van der Waals surface area (Å²) in [5.74, 6) is 0.880. The standard InChI is InChI=1S/C19H22Cl2N2O4S/c1-26-18-6-5-16(12-19(18)27-2)28(24,25)23-9-7-22(8-10-23)13-14-3-4-15(20)11-17(14)21/h3-6,11-12H,7-10,13H2,1-2H3. The second-order valence-electron chi connectivity index (χ2n) is 6.43. The van der Waals surface area contributed by atoms with Gasteiger partial charge >= 0.3 is 0 Å². The first-order valence-electron chi connectivity index (χ1n) is 8.73. The van der Waals surface area contributed by atoms with E-state index in [-0.39, 0.29) is 4.90 Å². The van der Waals surface area contributed by atoms with E-state index in [2.05, 4.69) is 4.90 Å². The van der Waals surface area contributed by atoms with Crippen molar-refractivity contribution in [3.05, 3.63) is 52.0 Å². The van der Waals surface area contributed by atoms with Crippen molar-refractivity contribution in [3.8, 4) is 11.5 Å². The molecule has 9 heteroatoms. The normalized spacial score (nSPS) is 16.1. The molecule has 0 aromatic heterocycles. The van der Waals surface area contributed by atoms with Crippen molar-refractivity contribution < 1.29 is 17.9 Å². The second-order valence-corrected chi connectivity index (χ2v) is 9.21. The molecule has 1 saturated heterocycles. The maximum absolute atomic E-state index is 13.0. The molecule has 0 unspecified atom stereocenters. The Kier molecular flexibility index (Phi) is 6.73. The van der Waals surface area contributed by atoms with Crippen molar-refractivity contribution >= 4 is 33.2 Å². The smallest absolute Gasteiger partial charge is 0.243 e. The number of rotatable bonds is 6. The Bertz CT molecular complexity index is 945. The molecule has 1 aliphatic heterocycles. The highest BCUT2D eigenvalue weighted by Crippen LogP contribution is 2.31. The quantitative estimate of drug-likeness (QED) is 0.681. The molecule has 0 N–H and O–H groups in total. The summed E-state index contributed by atoms with van der Waals surface area (Å²) < 4.78 is 37.9. The molecule has 0 aliphatic carbocycles. The Morgan fingerprint density at radius 1 is 0.929 bits per heavy atom. The minimum atomic E-state index is -3.60. The van der Waals surface area contributed by atoms with Gasteiger partial charge in [0.25, 0.3) is 0 Å². The number of benzene rings is 2. The van der Waals surface area contributed by atoms with Gasteiger partial charge in [-0.15, -0.1) is 0 Å². The summed E-state index contributed by atoms with van der Waals surface area (Å²) in [6.07, 6.45) is 0. The van der Waals surface area contributed by atoms with Crippen LogP contribution >= 0.6 is 23.2 Å². The van der Waals surface area contributed by atoms with E-state index in [1.165, 1.54) is 30.7 Å². The fourth-order valence-electron chi connectivity index (χ4n) is 3.14. The molecule has 2 aromatic carbocycles. The number of piperazine rings is 1. The van der Waals surface area contributed by atoms with Gasteiger partial charge in [-0.25, -0.2) is 8.42 Å². The average Bonchev–Trinajstić information content (AvgIpc) is 2.70. The van der Waals surface area contributed by atoms with Gasteiger partial charge < -0.3 is 9.47 Å². The van der Waals surface area contributed by atoms with Gasteiger partial charge in [-0.1, -0.05) is 29.3 Å². The zero-order valence-electron chi connectivity index (χ0n) is 15.7. The van der Waals surface area contributed by atoms with Gasteiger partial charge in [0, 0.05) is 48.8 Å². The monoisotopic (exact) mass is 444 g/mol. The lowest BCUT2D eigenvalue weighted by atomic mass is 10.2. The molecule has 0 spiro atoms. The molecule has 0 bridgehead atoms. The van der Waals surface area contributed by atoms with Crippen LogP contribution in [-0.4, -0.2) is 58.0 Å². The van der Waals surface area contributed by atoms with Gasteiger partial charge in [0.2, 0.25) is 10.0 Å². The lowest BCUT2D eigenvalue weighted by Gasteiger charge is -2.34. The van der Waals surface area contributed by atoms with E-state index in [1.54, 1.807) is 18.2 Å². The predicted molar refractivity (Wildman–Crippen MR) is 110 cm³/mol. The fraction of sp³-hybridized carbons (Fsp3) is 0.368. The summed E-state index contributed by atoms with van der Waals surface area (Å²) in [5.41, 5.74) is 0.974. The van der Waals surface area contributed by atoms with Crippen LogP contribution in [0.5, 0.6) is 11.5 Å². The van der Waals surface area contributed by atoms with Gasteiger partial charge in [0.15, 0.2) is 11.5 Å². The molecule has 6 nitrogen and oxygen atoms in total. The Morgan fingerprint density at radius 2 is 1.61 bits per heavy atom. The molecule has 0 radical (unpaired) electrons. The van der Waals surface area contributed by atoms with Gasteiger partial charge in [0.1, 0.15) is 0 Å². The van der Waals surface area contributed by atoms with Crippen LogP contribution in [0, 0.1) is 0 Å². The van der Waals surface area contributed by atoms with Gasteiger partial charge in [-0.05, 0) is 29.8 Å². The molecule has 0 atom stereocenters. The number of methoxy groups -OCH3 is 2. The molecule has 1 heterocycles. The highest BCUT2D eigenvalue weighted by Gasteiger charge is 2.29. The number of nitrogens with zero attached hydrogens (tertiary/aromatic N) is 2. The topological polar surface area (TPSA) is 59.1 Å². The number of halogens is 2. The highest BCUT2D eigenvalue weighted by molar-refractivity contribution is 7.89. The molecule has 28 heavy (non-hydrogen) atoms. The Balaban J connectivity index is 1.68. The molecule has 1 fully saturated rings. The van der Waals surface area contributed by atoms with E-state index in [0.717, 1.165) is 5.56 Å². The summed E-state index contributed by atoms with van der Waals surface area (Å²) in [6.45, 7) is 2.70. The summed E-state index contributed by atoms with van der Waals surface area (Å²) >= 11 is 12.2. The van der Waals surface area contributed by atoms with Crippen molar-refractivity contribution in [2.45, 2.75) is 11.4 Å². The lowest BCUT2D eigenvalue weighted by molar-refractivity contribution is 0.181. The van der Waals surface area contributed by atoms with E-state index < -0.39 is 10.0 Å². The van der Waals surface area contributed by atoms with Gasteiger partial charge in [0.05, 0.1) is 19.1 Å². The largest absolute Gasteiger partial charge is 0.493 e. The van der Waals surface area contributed by atoms with Crippen molar-refractivity contribution in [2.24, 2.45) is 0 Å². The number of sulfonamides is 1. The number of hydrogen-bond donors (Lipinski definition) is 0. The number of ether oxygens (including phenoxy) is 2. The first-order chi connectivity index (χ1) is 13.3. The third kappa shape index (κ3) is 4.55. The summed E-state index contributed by atoms with van der Waals surface area (Å²) in [5, 5.41) is 1.22. The van der Waals surface area contributed by atoms with Crippen LogP contribution in [0.2, 0.25) is 10.0 Å². The molecule has 2 aromatic rings. The van der Waals surface area contributed by atoms with Crippen LogP contribution in [0.15, 0.2) is 41.3 Å². The average molecular weight is 445 g/mol. The van der Waals surface area contributed by atoms with E-state index in [4.69, 9.17) is 32.7 Å². The molecule has 0 amide bonds. The van der Waals surface area contributed by atoms with E-state index in [9.17, 15) is 8.42 Å². The van der Waals surface area contributed by atoms with Crippen molar-refractivity contribution in [2.75, 3.05) is 40.4 Å². The molecular weight excluding hydrogens is 423 g/mol. The molecule has 152 valence electrons. The molecule has 1 aliphatic rings. The van der Waals surface area contributed by atoms with E-state index in [0.29, 0.717) is 54.3 Å². The minimum absolute atomic E-state index is 0.194. The van der Waals surface area contributed by atoms with E-state index >= 15 is 0 Å².